The van der Waals surface area contributed by atoms with E-state index in [2.05, 4.69) is 45.7 Å². The van der Waals surface area contributed by atoms with Crippen LogP contribution in [0.2, 0.25) is 0 Å². The molecule has 354 valence electrons. The third kappa shape index (κ3) is 10.7. The van der Waals surface area contributed by atoms with Crippen LogP contribution in [-0.4, -0.2) is 142 Å². The number of amides is 2. The Hall–Kier alpha value is -6.11. The average Bonchev–Trinajstić information content (AvgIpc) is 4.09. The monoisotopic (exact) mass is 932 g/mol. The Balaban J connectivity index is 0.719. The van der Waals surface area contributed by atoms with Gasteiger partial charge in [0.15, 0.2) is 5.82 Å². The van der Waals surface area contributed by atoms with Gasteiger partial charge in [0, 0.05) is 57.3 Å². The number of piperazine rings is 1. The number of thiazole rings is 1. The molecule has 3 fully saturated rings. The number of carbonyl (C=O) groups is 3. The SMILES string of the molecule is Cc1ncsc1-c1ccc([C@H](C)NC(=O)[C@@H]2C[C@@H](OC(=O)C(C)C)CN2C(=O)Cc2cc(OCCN3CCC(CN4CCN5c6cc(-c7ccccc7O)nnc6NC[C@H]5C4)CC3)no2)cc1. The lowest BCUT2D eigenvalue weighted by Crippen LogP contribution is -2.58. The fourth-order valence-electron chi connectivity index (χ4n) is 9.68. The second-order valence-corrected chi connectivity index (χ2v) is 19.4. The highest BCUT2D eigenvalue weighted by Gasteiger charge is 2.42. The number of hydrogen-bond donors (Lipinski definition) is 3. The van der Waals surface area contributed by atoms with E-state index < -0.39 is 12.1 Å². The minimum atomic E-state index is -0.832. The summed E-state index contributed by atoms with van der Waals surface area (Å²) in [5.74, 6) is 0.886. The van der Waals surface area contributed by atoms with Gasteiger partial charge in [-0.15, -0.1) is 21.5 Å². The highest BCUT2D eigenvalue weighted by atomic mass is 32.1. The van der Waals surface area contributed by atoms with Gasteiger partial charge in [0.05, 0.1) is 58.4 Å². The lowest BCUT2D eigenvalue weighted by molar-refractivity contribution is -0.152. The number of anilines is 2. The average molecular weight is 933 g/mol. The molecule has 0 unspecified atom stereocenters. The molecule has 4 aliphatic rings. The molecule has 18 heteroatoms. The minimum absolute atomic E-state index is 0.101. The van der Waals surface area contributed by atoms with Gasteiger partial charge in [0.25, 0.3) is 5.88 Å². The van der Waals surface area contributed by atoms with E-state index in [0.29, 0.717) is 41.5 Å². The number of piperidine rings is 1. The summed E-state index contributed by atoms with van der Waals surface area (Å²) in [6, 6.07) is 18.1. The summed E-state index contributed by atoms with van der Waals surface area (Å²) in [7, 11) is 0. The fourth-order valence-corrected chi connectivity index (χ4v) is 10.5. The number of hydrogen-bond acceptors (Lipinski definition) is 16. The van der Waals surface area contributed by atoms with E-state index in [0.717, 1.165) is 98.4 Å². The molecule has 9 rings (SSSR count). The number of para-hydroxylation sites is 1. The standard InChI is InChI=1S/C49H60N10O7S/c1-30(2)49(63)65-38-21-42(48(62)52-31(3)34-9-11-35(12-10-34)46-32(4)51-29-67-46)59(28-38)45(61)23-37-22-44(55-66-37)64-20-19-56-15-13-33(14-16-56)26-57-17-18-58-36(27-57)25-50-47-41(58)24-40(53-54-47)39-7-5-6-8-43(39)60/h5-12,22,24,29-31,33,36,38,42,60H,13-21,23,25-28H2,1-4H3,(H,50,54)(H,52,62)/t31-,36-,38+,42-/m0/s1. The number of phenols is 1. The Morgan fingerprint density at radius 2 is 1.79 bits per heavy atom. The predicted molar refractivity (Wildman–Crippen MR) is 254 cm³/mol. The second kappa shape index (κ2) is 20.4. The third-order valence-electron chi connectivity index (χ3n) is 13.5. The van der Waals surface area contributed by atoms with Gasteiger partial charge in [-0.05, 0) is 80.2 Å². The number of rotatable bonds is 15. The number of benzene rings is 2. The molecule has 3 saturated heterocycles. The topological polar surface area (TPSA) is 192 Å². The molecule has 17 nitrogen and oxygen atoms in total. The van der Waals surface area contributed by atoms with Crippen molar-refractivity contribution in [1.29, 1.82) is 0 Å². The Bertz CT molecular complexity index is 2520. The van der Waals surface area contributed by atoms with Crippen LogP contribution in [0.5, 0.6) is 11.6 Å². The molecule has 0 saturated carbocycles. The molecule has 0 bridgehead atoms. The Kier molecular flexibility index (Phi) is 14.0. The highest BCUT2D eigenvalue weighted by Crippen LogP contribution is 2.37. The van der Waals surface area contributed by atoms with E-state index in [1.807, 2.05) is 61.8 Å². The van der Waals surface area contributed by atoms with E-state index >= 15 is 0 Å². The summed E-state index contributed by atoms with van der Waals surface area (Å²) in [6.45, 7) is 15.4. The molecule has 2 aromatic carbocycles. The van der Waals surface area contributed by atoms with Crippen LogP contribution in [0.1, 0.15) is 63.1 Å². The van der Waals surface area contributed by atoms with Gasteiger partial charge in [-0.25, -0.2) is 4.98 Å². The number of aromatic nitrogens is 4. The van der Waals surface area contributed by atoms with Crippen LogP contribution >= 0.6 is 11.3 Å². The number of aryl methyl sites for hydroxylation is 1. The van der Waals surface area contributed by atoms with Gasteiger partial charge >= 0.3 is 5.97 Å². The van der Waals surface area contributed by atoms with Gasteiger partial charge in [-0.2, -0.15) is 0 Å². The maximum Gasteiger partial charge on any atom is 0.308 e. The van der Waals surface area contributed by atoms with E-state index in [1.165, 1.54) is 4.90 Å². The van der Waals surface area contributed by atoms with Crippen molar-refractivity contribution in [3.63, 3.8) is 0 Å². The zero-order valence-electron chi connectivity index (χ0n) is 38.6. The van der Waals surface area contributed by atoms with Crippen molar-refractivity contribution in [3.8, 4) is 33.3 Å². The molecule has 5 aromatic rings. The van der Waals surface area contributed by atoms with Gasteiger partial charge in [0.1, 0.15) is 30.3 Å². The number of esters is 1. The minimum Gasteiger partial charge on any atom is -0.507 e. The first-order chi connectivity index (χ1) is 32.4. The van der Waals surface area contributed by atoms with Crippen LogP contribution in [-0.2, 0) is 25.5 Å². The van der Waals surface area contributed by atoms with E-state index in [1.54, 1.807) is 43.4 Å². The van der Waals surface area contributed by atoms with Crippen LogP contribution in [0, 0.1) is 18.8 Å². The van der Waals surface area contributed by atoms with E-state index in [-0.39, 0.29) is 54.9 Å². The van der Waals surface area contributed by atoms with Crippen molar-refractivity contribution in [2.45, 2.75) is 77.6 Å². The molecule has 4 aliphatic heterocycles. The molecule has 2 amide bonds. The molecule has 3 N–H and O–H groups in total. The number of fused-ring (bicyclic) bond motifs is 3. The van der Waals surface area contributed by atoms with Crippen molar-refractivity contribution in [2.75, 3.05) is 75.7 Å². The first kappa shape index (κ1) is 46.0. The summed E-state index contributed by atoms with van der Waals surface area (Å²) < 4.78 is 17.2. The largest absolute Gasteiger partial charge is 0.507 e. The lowest BCUT2D eigenvalue weighted by Gasteiger charge is -2.47. The molecular weight excluding hydrogens is 873 g/mol. The summed E-state index contributed by atoms with van der Waals surface area (Å²) in [5, 5.41) is 29.9. The zero-order chi connectivity index (χ0) is 46.6. The summed E-state index contributed by atoms with van der Waals surface area (Å²) >= 11 is 1.59. The lowest BCUT2D eigenvalue weighted by atomic mass is 9.95. The van der Waals surface area contributed by atoms with Crippen LogP contribution in [0.4, 0.5) is 11.5 Å². The molecule has 0 radical (unpaired) electrons. The number of phenolic OH excluding ortho intramolecular Hbond substituents is 1. The van der Waals surface area contributed by atoms with Crippen molar-refractivity contribution >= 4 is 40.6 Å². The molecule has 3 aromatic heterocycles. The van der Waals surface area contributed by atoms with Crippen LogP contribution in [0.3, 0.4) is 0 Å². The van der Waals surface area contributed by atoms with Crippen molar-refractivity contribution < 1.29 is 33.5 Å². The van der Waals surface area contributed by atoms with Crippen LogP contribution < -0.4 is 20.3 Å². The first-order valence-corrected chi connectivity index (χ1v) is 24.3. The number of likely N-dealkylation sites (tertiary alicyclic amines) is 2. The molecule has 67 heavy (non-hydrogen) atoms. The molecule has 7 heterocycles. The molecule has 0 aliphatic carbocycles. The van der Waals surface area contributed by atoms with Gasteiger partial charge in [0.2, 0.25) is 11.8 Å². The number of nitrogens with zero attached hydrogens (tertiary/aromatic N) is 8. The maximum absolute atomic E-state index is 13.8. The highest BCUT2D eigenvalue weighted by molar-refractivity contribution is 7.13. The molecular formula is C49H60N10O7S. The Morgan fingerprint density at radius 3 is 2.55 bits per heavy atom. The van der Waals surface area contributed by atoms with Crippen LogP contribution in [0.25, 0.3) is 21.7 Å². The van der Waals surface area contributed by atoms with Crippen LogP contribution in [0.15, 0.2) is 70.7 Å². The zero-order valence-corrected chi connectivity index (χ0v) is 39.4. The number of nitrogens with one attached hydrogen (secondary N) is 2. The fraction of sp³-hybridized carbons (Fsp3) is 0.490. The van der Waals surface area contributed by atoms with Gasteiger partial charge in [-0.3, -0.25) is 24.2 Å². The summed E-state index contributed by atoms with van der Waals surface area (Å²) in [5.41, 5.74) is 7.18. The first-order valence-electron chi connectivity index (χ1n) is 23.5. The van der Waals surface area contributed by atoms with E-state index in [4.69, 9.17) is 14.0 Å². The number of aromatic hydroxyl groups is 1. The molecule has 4 atom stereocenters. The Labute approximate surface area is 394 Å². The smallest absolute Gasteiger partial charge is 0.308 e. The number of carbonyl (C=O) groups excluding carboxylic acids is 3. The quantitative estimate of drug-likeness (QED) is 0.110. The number of ether oxygens (including phenoxy) is 2. The van der Waals surface area contributed by atoms with Crippen molar-refractivity contribution in [1.82, 2.24) is 40.4 Å². The van der Waals surface area contributed by atoms with Gasteiger partial charge < -0.3 is 39.5 Å². The normalized spacial score (nSPS) is 20.5. The Morgan fingerprint density at radius 1 is 0.985 bits per heavy atom. The second-order valence-electron chi connectivity index (χ2n) is 18.5. The predicted octanol–water partition coefficient (Wildman–Crippen LogP) is 5.56. The summed E-state index contributed by atoms with van der Waals surface area (Å²) in [4.78, 5) is 54.6. The molecule has 0 spiro atoms. The van der Waals surface area contributed by atoms with Gasteiger partial charge in [-0.1, -0.05) is 50.2 Å². The summed E-state index contributed by atoms with van der Waals surface area (Å²) in [6.07, 6.45) is 1.70. The van der Waals surface area contributed by atoms with Crippen molar-refractivity contribution in [2.24, 2.45) is 11.8 Å². The van der Waals surface area contributed by atoms with Crippen molar-refractivity contribution in [3.05, 3.63) is 83.2 Å². The maximum atomic E-state index is 13.8. The van der Waals surface area contributed by atoms with E-state index in [9.17, 15) is 19.5 Å². The third-order valence-corrected chi connectivity index (χ3v) is 14.5.